The first-order chi connectivity index (χ1) is 14.7. The maximum Gasteiger partial charge on any atom is 0.237 e. The van der Waals surface area contributed by atoms with Crippen LogP contribution >= 0.6 is 11.3 Å². The fourth-order valence-electron chi connectivity index (χ4n) is 3.96. The van der Waals surface area contributed by atoms with Crippen LogP contribution < -0.4 is 10.1 Å². The molecule has 1 aliphatic carbocycles. The van der Waals surface area contributed by atoms with Crippen molar-refractivity contribution in [2.75, 3.05) is 5.32 Å². The van der Waals surface area contributed by atoms with Crippen LogP contribution in [0.25, 0.3) is 10.2 Å². The summed E-state index contributed by atoms with van der Waals surface area (Å²) in [4.78, 5) is 8.77. The number of hydrogen-bond donors (Lipinski definition) is 2. The Balaban J connectivity index is 1.26. The number of ether oxygens (including phenoxy) is 1. The van der Waals surface area contributed by atoms with Gasteiger partial charge >= 0.3 is 0 Å². The topological polar surface area (TPSA) is 102 Å². The molecule has 9 heteroatoms. The molecule has 0 spiro atoms. The molecule has 8 nitrogen and oxygen atoms in total. The quantitative estimate of drug-likeness (QED) is 0.462. The molecule has 1 saturated carbocycles. The maximum absolute atomic E-state index is 6.22. The minimum Gasteiger partial charge on any atom is -0.473 e. The van der Waals surface area contributed by atoms with Crippen LogP contribution in [0.1, 0.15) is 56.2 Å². The van der Waals surface area contributed by atoms with Gasteiger partial charge in [0, 0.05) is 29.4 Å². The van der Waals surface area contributed by atoms with Gasteiger partial charge in [0.2, 0.25) is 5.88 Å². The molecule has 4 aromatic heterocycles. The Morgan fingerprint density at radius 2 is 2.13 bits per heavy atom. The minimum absolute atomic E-state index is 0.136. The molecule has 0 unspecified atom stereocenters. The van der Waals surface area contributed by atoms with Crippen molar-refractivity contribution in [2.45, 2.75) is 51.0 Å². The van der Waals surface area contributed by atoms with Crippen LogP contribution in [0.2, 0.25) is 0 Å². The molecule has 0 aliphatic heterocycles. The van der Waals surface area contributed by atoms with Gasteiger partial charge in [-0.1, -0.05) is 13.8 Å². The number of aromatic nitrogens is 6. The van der Waals surface area contributed by atoms with Gasteiger partial charge < -0.3 is 10.1 Å². The lowest BCUT2D eigenvalue weighted by Gasteiger charge is -2.16. The Kier molecular flexibility index (Phi) is 5.04. The summed E-state index contributed by atoms with van der Waals surface area (Å²) >= 11 is 1.57. The summed E-state index contributed by atoms with van der Waals surface area (Å²) in [5, 5.41) is 19.2. The van der Waals surface area contributed by atoms with E-state index in [0.29, 0.717) is 17.7 Å². The number of fused-ring (bicyclic) bond motifs is 1. The highest BCUT2D eigenvalue weighted by Gasteiger charge is 2.30. The average molecular weight is 422 g/mol. The molecule has 4 heterocycles. The average Bonchev–Trinajstić information content (AvgIpc) is 3.49. The molecule has 0 amide bonds. The van der Waals surface area contributed by atoms with Crippen LogP contribution in [-0.4, -0.2) is 36.5 Å². The van der Waals surface area contributed by atoms with E-state index in [-0.39, 0.29) is 6.10 Å². The predicted molar refractivity (Wildman–Crippen MR) is 116 cm³/mol. The molecule has 5 rings (SSSR count). The van der Waals surface area contributed by atoms with Crippen LogP contribution in [-0.2, 0) is 0 Å². The van der Waals surface area contributed by atoms with Crippen molar-refractivity contribution in [3.63, 3.8) is 0 Å². The van der Waals surface area contributed by atoms with E-state index in [1.54, 1.807) is 23.7 Å². The summed E-state index contributed by atoms with van der Waals surface area (Å²) < 4.78 is 7.25. The number of rotatable bonds is 6. The fourth-order valence-corrected chi connectivity index (χ4v) is 4.69. The number of hydrogen-bond acceptors (Lipinski definition) is 8. The second-order valence-electron chi connectivity index (χ2n) is 7.89. The van der Waals surface area contributed by atoms with Gasteiger partial charge in [-0.25, -0.2) is 9.97 Å². The fraction of sp³-hybridized carbons (Fsp3) is 0.381. The highest BCUT2D eigenvalue weighted by molar-refractivity contribution is 7.17. The molecule has 4 aromatic rings. The van der Waals surface area contributed by atoms with Gasteiger partial charge in [-0.3, -0.25) is 5.10 Å². The summed E-state index contributed by atoms with van der Waals surface area (Å²) in [5.74, 6) is 2.94. The molecule has 2 atom stereocenters. The van der Waals surface area contributed by atoms with Crippen molar-refractivity contribution in [1.82, 2.24) is 30.4 Å². The van der Waals surface area contributed by atoms with E-state index in [2.05, 4.69) is 55.6 Å². The van der Waals surface area contributed by atoms with E-state index in [1.165, 1.54) is 0 Å². The Bertz CT molecular complexity index is 1150. The van der Waals surface area contributed by atoms with Crippen molar-refractivity contribution in [2.24, 2.45) is 0 Å². The Morgan fingerprint density at radius 3 is 3.03 bits per heavy atom. The van der Waals surface area contributed by atoms with Crippen molar-refractivity contribution in [3.05, 3.63) is 47.4 Å². The summed E-state index contributed by atoms with van der Waals surface area (Å²) in [5.41, 5.74) is 4.98. The normalized spacial score (nSPS) is 18.9. The number of thiazole rings is 1. The van der Waals surface area contributed by atoms with E-state index >= 15 is 0 Å². The number of aromatic amines is 1. The summed E-state index contributed by atoms with van der Waals surface area (Å²) in [7, 11) is 0. The number of nitrogens with zero attached hydrogens (tertiary/aromatic N) is 5. The van der Waals surface area contributed by atoms with E-state index in [4.69, 9.17) is 4.74 Å². The van der Waals surface area contributed by atoms with Crippen LogP contribution in [0.3, 0.4) is 0 Å². The largest absolute Gasteiger partial charge is 0.473 e. The summed E-state index contributed by atoms with van der Waals surface area (Å²) in [6.45, 7) is 4.28. The molecule has 30 heavy (non-hydrogen) atoms. The standard InChI is InChI=1S/C21H23N7OS/c1-12(2)15-5-8-24-28-21(15)29-14-4-3-13(9-14)17-10-18(27-26-17)25-20-19-16(6-7-22-20)23-11-30-19/h5-8,10-14H,3-4,9H2,1-2H3,(H2,22,25,26,27)/t13-,14+/m0/s1. The van der Waals surface area contributed by atoms with E-state index in [0.717, 1.165) is 52.4 Å². The van der Waals surface area contributed by atoms with Gasteiger partial charge in [0.15, 0.2) is 11.6 Å². The van der Waals surface area contributed by atoms with Gasteiger partial charge in [-0.15, -0.1) is 16.4 Å². The number of anilines is 2. The second kappa shape index (κ2) is 7.98. The number of nitrogens with one attached hydrogen (secondary N) is 2. The molecule has 0 radical (unpaired) electrons. The maximum atomic E-state index is 6.22. The van der Waals surface area contributed by atoms with Crippen molar-refractivity contribution in [3.8, 4) is 5.88 Å². The molecule has 154 valence electrons. The van der Waals surface area contributed by atoms with E-state index in [1.807, 2.05) is 17.6 Å². The van der Waals surface area contributed by atoms with Crippen molar-refractivity contribution >= 4 is 33.2 Å². The molecule has 1 fully saturated rings. The van der Waals surface area contributed by atoms with Crippen molar-refractivity contribution < 1.29 is 4.74 Å². The van der Waals surface area contributed by atoms with Gasteiger partial charge in [-0.2, -0.15) is 10.2 Å². The zero-order valence-corrected chi connectivity index (χ0v) is 17.7. The highest BCUT2D eigenvalue weighted by atomic mass is 32.1. The molecular formula is C21H23N7OS. The van der Waals surface area contributed by atoms with E-state index < -0.39 is 0 Å². The Hall–Kier alpha value is -3.07. The number of pyridine rings is 1. The highest BCUT2D eigenvalue weighted by Crippen LogP contribution is 2.37. The van der Waals surface area contributed by atoms with Crippen LogP contribution in [0.4, 0.5) is 11.6 Å². The van der Waals surface area contributed by atoms with Crippen molar-refractivity contribution in [1.29, 1.82) is 0 Å². The van der Waals surface area contributed by atoms with Gasteiger partial charge in [0.25, 0.3) is 0 Å². The Labute approximate surface area is 178 Å². The lowest BCUT2D eigenvalue weighted by atomic mass is 10.0. The lowest BCUT2D eigenvalue weighted by Crippen LogP contribution is -2.15. The smallest absolute Gasteiger partial charge is 0.237 e. The monoisotopic (exact) mass is 421 g/mol. The van der Waals surface area contributed by atoms with Gasteiger partial charge in [0.1, 0.15) is 6.10 Å². The van der Waals surface area contributed by atoms with Crippen LogP contribution in [0.15, 0.2) is 36.1 Å². The Morgan fingerprint density at radius 1 is 1.20 bits per heavy atom. The molecule has 0 bridgehead atoms. The molecule has 0 saturated heterocycles. The predicted octanol–water partition coefficient (Wildman–Crippen LogP) is 4.79. The van der Waals surface area contributed by atoms with E-state index in [9.17, 15) is 0 Å². The first-order valence-electron chi connectivity index (χ1n) is 10.2. The zero-order valence-electron chi connectivity index (χ0n) is 16.9. The summed E-state index contributed by atoms with van der Waals surface area (Å²) in [6.07, 6.45) is 6.58. The molecule has 1 aliphatic rings. The molecule has 0 aromatic carbocycles. The first kappa shape index (κ1) is 18.9. The second-order valence-corrected chi connectivity index (χ2v) is 8.74. The van der Waals surface area contributed by atoms with Gasteiger partial charge in [-0.05, 0) is 37.3 Å². The van der Waals surface area contributed by atoms with Crippen LogP contribution in [0, 0.1) is 0 Å². The first-order valence-corrected chi connectivity index (χ1v) is 11.0. The number of H-pyrrole nitrogens is 1. The molecule has 2 N–H and O–H groups in total. The zero-order chi connectivity index (χ0) is 20.5. The summed E-state index contributed by atoms with van der Waals surface area (Å²) in [6, 6.07) is 5.97. The van der Waals surface area contributed by atoms with Gasteiger partial charge in [0.05, 0.1) is 21.9 Å². The third-order valence-electron chi connectivity index (χ3n) is 5.53. The third-order valence-corrected chi connectivity index (χ3v) is 6.38. The third kappa shape index (κ3) is 3.72. The SMILES string of the molecule is CC(C)c1ccnnc1O[C@@H]1CC[C@H](c2cc(Nc3nccc4ncsc34)n[nH]2)C1. The molecular weight excluding hydrogens is 398 g/mol. The lowest BCUT2D eigenvalue weighted by molar-refractivity contribution is 0.194. The minimum atomic E-state index is 0.136. The van der Waals surface area contributed by atoms with Crippen LogP contribution in [0.5, 0.6) is 5.88 Å².